The molecule has 1 fully saturated rings. The number of allylic oxidation sites excluding steroid dienone is 1. The Morgan fingerprint density at radius 1 is 1.22 bits per heavy atom. The maximum atomic E-state index is 6.18. The Balaban J connectivity index is 2.35. The zero-order valence-corrected chi connectivity index (χ0v) is 12.9. The van der Waals surface area contributed by atoms with Crippen molar-refractivity contribution in [3.05, 3.63) is 11.6 Å². The summed E-state index contributed by atoms with van der Waals surface area (Å²) in [6.07, 6.45) is 7.47. The maximum Gasteiger partial charge on any atom is 0.00766 e. The molecule has 4 atom stereocenters. The summed E-state index contributed by atoms with van der Waals surface area (Å²) in [6, 6.07) is 0.410. The maximum absolute atomic E-state index is 6.18. The molecule has 2 aliphatic rings. The Morgan fingerprint density at radius 2 is 1.89 bits per heavy atom. The van der Waals surface area contributed by atoms with Crippen LogP contribution in [0.15, 0.2) is 11.6 Å². The molecule has 0 saturated heterocycles. The second-order valence-corrected chi connectivity index (χ2v) is 7.56. The second kappa shape index (κ2) is 5.00. The van der Waals surface area contributed by atoms with Crippen LogP contribution in [0.4, 0.5) is 0 Å². The van der Waals surface area contributed by atoms with Gasteiger partial charge in [0.15, 0.2) is 0 Å². The normalized spacial score (nSPS) is 40.9. The fraction of sp³-hybridized carbons (Fsp3) is 0.882. The minimum Gasteiger partial charge on any atom is -0.327 e. The fourth-order valence-electron chi connectivity index (χ4n) is 4.78. The molecule has 2 unspecified atom stereocenters. The predicted octanol–water partition coefficient (Wildman–Crippen LogP) is 4.38. The zero-order chi connectivity index (χ0) is 13.5. The van der Waals surface area contributed by atoms with Gasteiger partial charge < -0.3 is 5.73 Å². The summed E-state index contributed by atoms with van der Waals surface area (Å²) in [5, 5.41) is 0. The molecule has 0 amide bonds. The van der Waals surface area contributed by atoms with Gasteiger partial charge >= 0.3 is 0 Å². The van der Waals surface area contributed by atoms with E-state index in [-0.39, 0.29) is 0 Å². The average molecular weight is 249 g/mol. The molecule has 2 rings (SSSR count). The van der Waals surface area contributed by atoms with Crippen LogP contribution in [0.2, 0.25) is 0 Å². The van der Waals surface area contributed by atoms with Gasteiger partial charge in [-0.25, -0.2) is 0 Å². The summed E-state index contributed by atoms with van der Waals surface area (Å²) in [5.74, 6) is 3.26. The summed E-state index contributed by atoms with van der Waals surface area (Å²) in [5.41, 5.74) is 8.28. The first kappa shape index (κ1) is 14.1. The van der Waals surface area contributed by atoms with Gasteiger partial charge in [0, 0.05) is 6.04 Å². The molecule has 0 aromatic rings. The third-order valence-corrected chi connectivity index (χ3v) is 5.66. The smallest absolute Gasteiger partial charge is 0.00766 e. The van der Waals surface area contributed by atoms with Crippen LogP contribution in [-0.4, -0.2) is 6.04 Å². The molecule has 1 heteroatoms. The third kappa shape index (κ3) is 2.27. The monoisotopic (exact) mass is 249 g/mol. The molecule has 1 saturated carbocycles. The van der Waals surface area contributed by atoms with Gasteiger partial charge in [-0.15, -0.1) is 0 Å². The molecule has 0 bridgehead atoms. The van der Waals surface area contributed by atoms with Crippen molar-refractivity contribution in [3.63, 3.8) is 0 Å². The highest BCUT2D eigenvalue weighted by Gasteiger charge is 2.47. The van der Waals surface area contributed by atoms with Gasteiger partial charge in [0.25, 0.3) is 0 Å². The van der Waals surface area contributed by atoms with E-state index in [4.69, 9.17) is 5.73 Å². The molecule has 18 heavy (non-hydrogen) atoms. The highest BCUT2D eigenvalue weighted by molar-refractivity contribution is 5.24. The van der Waals surface area contributed by atoms with Crippen LogP contribution in [-0.2, 0) is 0 Å². The van der Waals surface area contributed by atoms with Crippen molar-refractivity contribution >= 4 is 0 Å². The Hall–Kier alpha value is -0.300. The Labute approximate surface area is 113 Å². The molecule has 2 aliphatic carbocycles. The lowest BCUT2D eigenvalue weighted by Crippen LogP contribution is -2.47. The molecule has 0 aromatic carbocycles. The molecule has 1 nitrogen and oxygen atoms in total. The number of hydrogen-bond acceptors (Lipinski definition) is 1. The van der Waals surface area contributed by atoms with E-state index in [0.29, 0.717) is 11.5 Å². The van der Waals surface area contributed by atoms with E-state index in [1.807, 2.05) is 0 Å². The third-order valence-electron chi connectivity index (χ3n) is 5.66. The lowest BCUT2D eigenvalue weighted by Gasteiger charge is -2.53. The van der Waals surface area contributed by atoms with Crippen LogP contribution in [0, 0.1) is 29.1 Å². The van der Waals surface area contributed by atoms with Crippen LogP contribution in [0.5, 0.6) is 0 Å². The van der Waals surface area contributed by atoms with Gasteiger partial charge in [0.05, 0.1) is 0 Å². The van der Waals surface area contributed by atoms with E-state index in [0.717, 1.165) is 30.1 Å². The van der Waals surface area contributed by atoms with Gasteiger partial charge in [-0.1, -0.05) is 46.3 Å². The summed E-state index contributed by atoms with van der Waals surface area (Å²) in [4.78, 5) is 0. The quantitative estimate of drug-likeness (QED) is 0.722. The molecule has 0 spiro atoms. The molecule has 0 aromatic heterocycles. The van der Waals surface area contributed by atoms with Gasteiger partial charge in [0.2, 0.25) is 0 Å². The van der Waals surface area contributed by atoms with Gasteiger partial charge in [-0.05, 0) is 54.8 Å². The number of rotatable bonds is 2. The fourth-order valence-corrected chi connectivity index (χ4v) is 4.78. The standard InChI is InChI=1S/C17H31N/c1-11(2)15-7-6-13-10-14(18)8-9-17(13,5)16(15)12(3)4/h6,11-12,14-16H,7-10,18H2,1-5H3/t14-,15?,16?,17-/m0/s1. The summed E-state index contributed by atoms with van der Waals surface area (Å²) in [6.45, 7) is 12.2. The molecule has 2 N–H and O–H groups in total. The van der Waals surface area contributed by atoms with Crippen LogP contribution in [0.3, 0.4) is 0 Å². The van der Waals surface area contributed by atoms with Crippen molar-refractivity contribution in [2.45, 2.75) is 66.3 Å². The molecule has 0 aliphatic heterocycles. The van der Waals surface area contributed by atoms with Gasteiger partial charge in [0.1, 0.15) is 0 Å². The van der Waals surface area contributed by atoms with E-state index < -0.39 is 0 Å². The molecule has 0 radical (unpaired) electrons. The summed E-state index contributed by atoms with van der Waals surface area (Å²) < 4.78 is 0. The largest absolute Gasteiger partial charge is 0.327 e. The Morgan fingerprint density at radius 3 is 2.44 bits per heavy atom. The second-order valence-electron chi connectivity index (χ2n) is 7.56. The van der Waals surface area contributed by atoms with E-state index in [1.54, 1.807) is 5.57 Å². The highest BCUT2D eigenvalue weighted by Crippen LogP contribution is 2.56. The van der Waals surface area contributed by atoms with E-state index in [2.05, 4.69) is 40.7 Å². The summed E-state index contributed by atoms with van der Waals surface area (Å²) in [7, 11) is 0. The van der Waals surface area contributed by atoms with Crippen LogP contribution in [0.1, 0.15) is 60.3 Å². The van der Waals surface area contributed by atoms with E-state index in [1.165, 1.54) is 19.3 Å². The molecular formula is C17H31N. The summed E-state index contributed by atoms with van der Waals surface area (Å²) >= 11 is 0. The average Bonchev–Trinajstić information content (AvgIpc) is 2.27. The lowest BCUT2D eigenvalue weighted by atomic mass is 9.52. The molecular weight excluding hydrogens is 218 g/mol. The minimum atomic E-state index is 0.410. The van der Waals surface area contributed by atoms with Crippen molar-refractivity contribution in [3.8, 4) is 0 Å². The van der Waals surface area contributed by atoms with Crippen molar-refractivity contribution in [2.75, 3.05) is 0 Å². The lowest BCUT2D eigenvalue weighted by molar-refractivity contribution is 0.0417. The van der Waals surface area contributed by atoms with Crippen LogP contribution in [0.25, 0.3) is 0 Å². The first-order valence-electron chi connectivity index (χ1n) is 7.81. The molecule has 104 valence electrons. The molecule has 0 heterocycles. The zero-order valence-electron chi connectivity index (χ0n) is 12.9. The number of hydrogen-bond donors (Lipinski definition) is 1. The number of fused-ring (bicyclic) bond motifs is 1. The Bertz CT molecular complexity index is 329. The van der Waals surface area contributed by atoms with E-state index in [9.17, 15) is 0 Å². The first-order chi connectivity index (χ1) is 8.36. The van der Waals surface area contributed by atoms with Crippen molar-refractivity contribution < 1.29 is 0 Å². The van der Waals surface area contributed by atoms with Crippen LogP contribution < -0.4 is 5.73 Å². The highest BCUT2D eigenvalue weighted by atomic mass is 14.7. The predicted molar refractivity (Wildman–Crippen MR) is 79.3 cm³/mol. The van der Waals surface area contributed by atoms with Crippen molar-refractivity contribution in [1.82, 2.24) is 0 Å². The van der Waals surface area contributed by atoms with E-state index >= 15 is 0 Å². The van der Waals surface area contributed by atoms with Crippen LogP contribution >= 0.6 is 0 Å². The topological polar surface area (TPSA) is 26.0 Å². The SMILES string of the molecule is CC(C)C1CC=C2C[C@@H](N)CC[C@]2(C)C1C(C)C. The van der Waals surface area contributed by atoms with Crippen molar-refractivity contribution in [1.29, 1.82) is 0 Å². The minimum absolute atomic E-state index is 0.410. The number of nitrogens with two attached hydrogens (primary N) is 1. The first-order valence-corrected chi connectivity index (χ1v) is 7.81. The van der Waals surface area contributed by atoms with Crippen molar-refractivity contribution in [2.24, 2.45) is 34.8 Å². The Kier molecular flexibility index (Phi) is 3.92. The van der Waals surface area contributed by atoms with Gasteiger partial charge in [-0.3, -0.25) is 0 Å². The van der Waals surface area contributed by atoms with Gasteiger partial charge in [-0.2, -0.15) is 0 Å².